The molecule has 3 rings (SSSR count). The zero-order chi connectivity index (χ0) is 13.1. The molecule has 1 aromatic carbocycles. The molecular formula is C15H19N3S. The number of nitrogens with one attached hydrogen (secondary N) is 1. The molecular weight excluding hydrogens is 254 g/mol. The van der Waals surface area contributed by atoms with E-state index in [0.29, 0.717) is 12.0 Å². The lowest BCUT2D eigenvalue weighted by atomic mass is 9.79. The summed E-state index contributed by atoms with van der Waals surface area (Å²) in [5, 5.41) is 3.20. The van der Waals surface area contributed by atoms with Crippen molar-refractivity contribution in [3.8, 4) is 0 Å². The van der Waals surface area contributed by atoms with Crippen molar-refractivity contribution < 1.29 is 0 Å². The van der Waals surface area contributed by atoms with Crippen molar-refractivity contribution >= 4 is 11.3 Å². The van der Waals surface area contributed by atoms with Crippen LogP contribution >= 0.6 is 11.3 Å². The van der Waals surface area contributed by atoms with E-state index < -0.39 is 0 Å². The molecule has 0 amide bonds. The summed E-state index contributed by atoms with van der Waals surface area (Å²) in [5.74, 6) is 6.37. The molecule has 0 spiro atoms. The number of aryl methyl sites for hydroxylation is 1. The van der Waals surface area contributed by atoms with E-state index in [0.717, 1.165) is 19.3 Å². The lowest BCUT2D eigenvalue weighted by molar-refractivity contribution is 0.321. The van der Waals surface area contributed by atoms with Crippen LogP contribution < -0.4 is 11.3 Å². The monoisotopic (exact) mass is 273 g/mol. The van der Waals surface area contributed by atoms with E-state index in [1.807, 2.05) is 11.6 Å². The standard InChI is InChI=1S/C15H19N3S/c16-18-14(10-15-17-7-8-19-15)13-6-5-11-3-1-2-4-12(11)9-13/h1-4,7-8,13-14,18H,5-6,9-10,16H2. The first-order valence-electron chi connectivity index (χ1n) is 6.78. The van der Waals surface area contributed by atoms with Crippen LogP contribution in [0.4, 0.5) is 0 Å². The summed E-state index contributed by atoms with van der Waals surface area (Å²) < 4.78 is 0. The number of nitrogens with zero attached hydrogens (tertiary/aromatic N) is 1. The van der Waals surface area contributed by atoms with Crippen LogP contribution in [-0.4, -0.2) is 11.0 Å². The minimum Gasteiger partial charge on any atom is -0.271 e. The largest absolute Gasteiger partial charge is 0.271 e. The highest BCUT2D eigenvalue weighted by Crippen LogP contribution is 2.28. The Labute approximate surface area is 117 Å². The first kappa shape index (κ1) is 12.8. The molecule has 2 atom stereocenters. The van der Waals surface area contributed by atoms with Crippen molar-refractivity contribution in [2.24, 2.45) is 11.8 Å². The van der Waals surface area contributed by atoms with Gasteiger partial charge >= 0.3 is 0 Å². The van der Waals surface area contributed by atoms with Gasteiger partial charge in [-0.2, -0.15) is 0 Å². The van der Waals surface area contributed by atoms with Crippen molar-refractivity contribution in [1.82, 2.24) is 10.4 Å². The molecule has 0 radical (unpaired) electrons. The van der Waals surface area contributed by atoms with E-state index in [9.17, 15) is 0 Å². The quantitative estimate of drug-likeness (QED) is 0.664. The van der Waals surface area contributed by atoms with Crippen LogP contribution in [0.2, 0.25) is 0 Å². The molecule has 4 heteroatoms. The van der Waals surface area contributed by atoms with Crippen LogP contribution in [-0.2, 0) is 19.3 Å². The average Bonchev–Trinajstić information content (AvgIpc) is 2.97. The van der Waals surface area contributed by atoms with Gasteiger partial charge in [0.2, 0.25) is 0 Å². The fourth-order valence-corrected chi connectivity index (χ4v) is 3.65. The van der Waals surface area contributed by atoms with Crippen LogP contribution in [0.25, 0.3) is 0 Å². The molecule has 19 heavy (non-hydrogen) atoms. The molecule has 3 nitrogen and oxygen atoms in total. The molecule has 0 aliphatic heterocycles. The van der Waals surface area contributed by atoms with Crippen molar-refractivity contribution in [1.29, 1.82) is 0 Å². The van der Waals surface area contributed by atoms with Gasteiger partial charge in [-0.3, -0.25) is 11.3 Å². The summed E-state index contributed by atoms with van der Waals surface area (Å²) in [6.45, 7) is 0. The number of hydrazine groups is 1. The highest BCUT2D eigenvalue weighted by molar-refractivity contribution is 7.09. The highest BCUT2D eigenvalue weighted by Gasteiger charge is 2.26. The lowest BCUT2D eigenvalue weighted by Crippen LogP contribution is -2.44. The van der Waals surface area contributed by atoms with Crippen LogP contribution in [0.15, 0.2) is 35.8 Å². The zero-order valence-electron chi connectivity index (χ0n) is 10.9. The molecule has 1 heterocycles. The van der Waals surface area contributed by atoms with Crippen LogP contribution in [0, 0.1) is 5.92 Å². The Hall–Kier alpha value is -1.23. The van der Waals surface area contributed by atoms with E-state index in [1.54, 1.807) is 11.3 Å². The van der Waals surface area contributed by atoms with Gasteiger partial charge in [0.05, 0.1) is 5.01 Å². The minimum atomic E-state index is 0.319. The zero-order valence-corrected chi connectivity index (χ0v) is 11.7. The number of benzene rings is 1. The Morgan fingerprint density at radius 2 is 2.21 bits per heavy atom. The molecule has 2 unspecified atom stereocenters. The smallest absolute Gasteiger partial charge is 0.0940 e. The molecule has 0 fully saturated rings. The predicted molar refractivity (Wildman–Crippen MR) is 78.9 cm³/mol. The second-order valence-electron chi connectivity index (χ2n) is 5.17. The molecule has 0 saturated carbocycles. The van der Waals surface area contributed by atoms with E-state index in [4.69, 9.17) is 5.84 Å². The van der Waals surface area contributed by atoms with Gasteiger partial charge < -0.3 is 0 Å². The van der Waals surface area contributed by atoms with Gasteiger partial charge in [0.25, 0.3) is 0 Å². The summed E-state index contributed by atoms with van der Waals surface area (Å²) in [6, 6.07) is 9.08. The maximum Gasteiger partial charge on any atom is 0.0940 e. The van der Waals surface area contributed by atoms with Crippen molar-refractivity contribution in [2.75, 3.05) is 0 Å². The van der Waals surface area contributed by atoms with Crippen LogP contribution in [0.5, 0.6) is 0 Å². The fraction of sp³-hybridized carbons (Fsp3) is 0.400. The molecule has 1 aromatic heterocycles. The Balaban J connectivity index is 1.72. The highest BCUT2D eigenvalue weighted by atomic mass is 32.1. The maximum absolute atomic E-state index is 5.77. The Morgan fingerprint density at radius 3 is 2.95 bits per heavy atom. The molecule has 100 valence electrons. The second kappa shape index (κ2) is 5.82. The summed E-state index contributed by atoms with van der Waals surface area (Å²) in [7, 11) is 0. The van der Waals surface area contributed by atoms with Gasteiger partial charge in [-0.1, -0.05) is 24.3 Å². The van der Waals surface area contributed by atoms with Gasteiger partial charge in [-0.15, -0.1) is 11.3 Å². The maximum atomic E-state index is 5.77. The van der Waals surface area contributed by atoms with E-state index in [1.165, 1.54) is 22.6 Å². The number of fused-ring (bicyclic) bond motifs is 1. The SMILES string of the molecule is NNC(Cc1nccs1)C1CCc2ccccc2C1. The fourth-order valence-electron chi connectivity index (χ4n) is 2.97. The minimum absolute atomic E-state index is 0.319. The van der Waals surface area contributed by atoms with E-state index in [2.05, 4.69) is 34.7 Å². The Morgan fingerprint density at radius 1 is 1.37 bits per heavy atom. The third-order valence-corrected chi connectivity index (χ3v) is 4.85. The Kier molecular flexibility index (Phi) is 3.92. The Bertz CT molecular complexity index is 524. The first-order valence-corrected chi connectivity index (χ1v) is 7.66. The predicted octanol–water partition coefficient (Wildman–Crippen LogP) is 2.32. The van der Waals surface area contributed by atoms with E-state index >= 15 is 0 Å². The average molecular weight is 273 g/mol. The van der Waals surface area contributed by atoms with Crippen molar-refractivity contribution in [3.63, 3.8) is 0 Å². The normalized spacial score (nSPS) is 19.9. The topological polar surface area (TPSA) is 50.9 Å². The summed E-state index contributed by atoms with van der Waals surface area (Å²) in [5.41, 5.74) is 6.00. The first-order chi connectivity index (χ1) is 9.36. The van der Waals surface area contributed by atoms with Gasteiger partial charge in [-0.05, 0) is 36.3 Å². The van der Waals surface area contributed by atoms with Gasteiger partial charge in [-0.25, -0.2) is 4.98 Å². The van der Waals surface area contributed by atoms with Crippen LogP contribution in [0.3, 0.4) is 0 Å². The molecule has 1 aliphatic carbocycles. The molecule has 0 saturated heterocycles. The third kappa shape index (κ3) is 2.86. The number of aromatic nitrogens is 1. The second-order valence-corrected chi connectivity index (χ2v) is 6.15. The number of thiazole rings is 1. The van der Waals surface area contributed by atoms with Crippen molar-refractivity contribution in [2.45, 2.75) is 31.7 Å². The summed E-state index contributed by atoms with van der Waals surface area (Å²) in [6.07, 6.45) is 6.29. The lowest BCUT2D eigenvalue weighted by Gasteiger charge is -2.30. The summed E-state index contributed by atoms with van der Waals surface area (Å²) in [4.78, 5) is 4.37. The number of hydrogen-bond donors (Lipinski definition) is 2. The van der Waals surface area contributed by atoms with Gasteiger partial charge in [0.1, 0.15) is 0 Å². The number of nitrogens with two attached hydrogens (primary N) is 1. The summed E-state index contributed by atoms with van der Waals surface area (Å²) >= 11 is 1.71. The molecule has 3 N–H and O–H groups in total. The van der Waals surface area contributed by atoms with Crippen LogP contribution in [0.1, 0.15) is 22.6 Å². The molecule has 1 aliphatic rings. The number of rotatable bonds is 4. The van der Waals surface area contributed by atoms with Gasteiger partial charge in [0, 0.05) is 24.0 Å². The molecule has 0 bridgehead atoms. The molecule has 2 aromatic rings. The van der Waals surface area contributed by atoms with Crippen molar-refractivity contribution in [3.05, 3.63) is 52.0 Å². The third-order valence-electron chi connectivity index (χ3n) is 4.05. The van der Waals surface area contributed by atoms with E-state index in [-0.39, 0.29) is 0 Å². The number of hydrogen-bond acceptors (Lipinski definition) is 4. The van der Waals surface area contributed by atoms with Gasteiger partial charge in [0.15, 0.2) is 0 Å².